The van der Waals surface area contributed by atoms with Gasteiger partial charge >= 0.3 is 0 Å². The maximum atomic E-state index is 11.7. The highest BCUT2D eigenvalue weighted by molar-refractivity contribution is 5.82. The molecule has 1 aromatic rings. The lowest BCUT2D eigenvalue weighted by molar-refractivity contribution is -0.123. The number of para-hydroxylation sites is 1. The molecule has 0 aromatic heterocycles. The summed E-state index contributed by atoms with van der Waals surface area (Å²) in [6.07, 6.45) is 0.0590. The van der Waals surface area contributed by atoms with Crippen LogP contribution in [-0.2, 0) is 4.79 Å². The number of nitrogens with one attached hydrogen (secondary N) is 2. The highest BCUT2D eigenvalue weighted by atomic mass is 16.5. The molecule has 0 spiro atoms. The van der Waals surface area contributed by atoms with Crippen molar-refractivity contribution < 1.29 is 14.6 Å². The van der Waals surface area contributed by atoms with Crippen molar-refractivity contribution in [1.29, 1.82) is 0 Å². The first kappa shape index (κ1) is 13.8. The van der Waals surface area contributed by atoms with Gasteiger partial charge in [0.1, 0.15) is 12.4 Å². The first-order valence-corrected chi connectivity index (χ1v) is 6.54. The molecule has 0 saturated carbocycles. The minimum atomic E-state index is -0.418. The van der Waals surface area contributed by atoms with Gasteiger partial charge in [-0.3, -0.25) is 4.79 Å². The molecule has 5 heteroatoms. The normalized spacial score (nSPS) is 22.2. The molecule has 5 nitrogen and oxygen atoms in total. The standard InChI is InChI=1S/C14H20N2O3/c1-10-4-2-3-5-13(10)19-7-6-15-14(18)12-8-11(17)9-16-12/h2-5,11-12,16-17H,6-9H2,1H3,(H,15,18). The highest BCUT2D eigenvalue weighted by Gasteiger charge is 2.27. The number of hydrogen-bond donors (Lipinski definition) is 3. The molecule has 1 fully saturated rings. The first-order valence-electron chi connectivity index (χ1n) is 6.54. The van der Waals surface area contributed by atoms with E-state index in [1.165, 1.54) is 0 Å². The number of hydrogen-bond acceptors (Lipinski definition) is 4. The maximum Gasteiger partial charge on any atom is 0.237 e. The Balaban J connectivity index is 1.67. The number of carbonyl (C=O) groups excluding carboxylic acids is 1. The number of amides is 1. The van der Waals surface area contributed by atoms with E-state index in [2.05, 4.69) is 10.6 Å². The molecular formula is C14H20N2O3. The molecule has 19 heavy (non-hydrogen) atoms. The summed E-state index contributed by atoms with van der Waals surface area (Å²) in [7, 11) is 0. The average Bonchev–Trinajstić information content (AvgIpc) is 2.83. The van der Waals surface area contributed by atoms with Crippen molar-refractivity contribution in [1.82, 2.24) is 10.6 Å². The molecule has 2 rings (SSSR count). The average molecular weight is 264 g/mol. The van der Waals surface area contributed by atoms with Gasteiger partial charge in [-0.05, 0) is 25.0 Å². The Bertz CT molecular complexity index is 436. The molecule has 2 atom stereocenters. The van der Waals surface area contributed by atoms with Gasteiger partial charge in [-0.25, -0.2) is 0 Å². The van der Waals surface area contributed by atoms with Crippen LogP contribution in [0.3, 0.4) is 0 Å². The highest BCUT2D eigenvalue weighted by Crippen LogP contribution is 2.15. The molecule has 1 saturated heterocycles. The van der Waals surface area contributed by atoms with Crippen LogP contribution in [0.1, 0.15) is 12.0 Å². The summed E-state index contributed by atoms with van der Waals surface area (Å²) < 4.78 is 5.59. The van der Waals surface area contributed by atoms with E-state index in [-0.39, 0.29) is 11.9 Å². The van der Waals surface area contributed by atoms with E-state index >= 15 is 0 Å². The summed E-state index contributed by atoms with van der Waals surface area (Å²) in [5.74, 6) is 0.760. The third-order valence-corrected chi connectivity index (χ3v) is 3.18. The van der Waals surface area contributed by atoms with Gasteiger partial charge in [-0.15, -0.1) is 0 Å². The van der Waals surface area contributed by atoms with Gasteiger partial charge in [-0.1, -0.05) is 18.2 Å². The third kappa shape index (κ3) is 3.94. The quantitative estimate of drug-likeness (QED) is 0.665. The fourth-order valence-electron chi connectivity index (χ4n) is 2.09. The molecule has 1 aromatic carbocycles. The largest absolute Gasteiger partial charge is 0.491 e. The van der Waals surface area contributed by atoms with Crippen LogP contribution in [0.15, 0.2) is 24.3 Å². The summed E-state index contributed by atoms with van der Waals surface area (Å²) in [6.45, 7) is 3.36. The summed E-state index contributed by atoms with van der Waals surface area (Å²) in [4.78, 5) is 11.7. The molecule has 104 valence electrons. The van der Waals surface area contributed by atoms with Gasteiger partial charge in [0.15, 0.2) is 0 Å². The number of aliphatic hydroxyl groups is 1. The number of aliphatic hydroxyl groups excluding tert-OH is 1. The molecule has 0 aliphatic carbocycles. The summed E-state index contributed by atoms with van der Waals surface area (Å²) >= 11 is 0. The van der Waals surface area contributed by atoms with Gasteiger partial charge < -0.3 is 20.5 Å². The number of carbonyl (C=O) groups is 1. The van der Waals surface area contributed by atoms with Gasteiger partial charge in [0.25, 0.3) is 0 Å². The van der Waals surface area contributed by atoms with E-state index in [4.69, 9.17) is 4.74 Å². The fraction of sp³-hybridized carbons (Fsp3) is 0.500. The van der Waals surface area contributed by atoms with Crippen LogP contribution in [0.4, 0.5) is 0 Å². The number of β-amino-alcohol motifs (C(OH)–C–C–N with tert-alkyl or cyclic N) is 1. The second-order valence-electron chi connectivity index (χ2n) is 4.76. The van der Waals surface area contributed by atoms with Crippen molar-refractivity contribution in [3.8, 4) is 5.75 Å². The lowest BCUT2D eigenvalue weighted by Crippen LogP contribution is -2.41. The Hall–Kier alpha value is -1.59. The number of aryl methyl sites for hydroxylation is 1. The molecule has 0 radical (unpaired) electrons. The Kier molecular flexibility index (Phi) is 4.76. The molecule has 1 aliphatic heterocycles. The van der Waals surface area contributed by atoms with Crippen LogP contribution in [0.5, 0.6) is 5.75 Å². The minimum Gasteiger partial charge on any atom is -0.491 e. The predicted octanol–water partition coefficient (Wildman–Crippen LogP) is 0.213. The predicted molar refractivity (Wildman–Crippen MR) is 72.1 cm³/mol. The zero-order valence-corrected chi connectivity index (χ0v) is 11.1. The third-order valence-electron chi connectivity index (χ3n) is 3.18. The second-order valence-corrected chi connectivity index (χ2v) is 4.76. The SMILES string of the molecule is Cc1ccccc1OCCNC(=O)C1CC(O)CN1. The minimum absolute atomic E-state index is 0.0788. The number of rotatable bonds is 5. The zero-order valence-electron chi connectivity index (χ0n) is 11.1. The van der Waals surface area contributed by atoms with Crippen LogP contribution in [0.2, 0.25) is 0 Å². The van der Waals surface area contributed by atoms with Gasteiger partial charge in [0.2, 0.25) is 5.91 Å². The van der Waals surface area contributed by atoms with Gasteiger partial charge in [0.05, 0.1) is 18.7 Å². The molecule has 2 unspecified atom stereocenters. The fourth-order valence-corrected chi connectivity index (χ4v) is 2.09. The van der Waals surface area contributed by atoms with Crippen LogP contribution in [0.25, 0.3) is 0 Å². The first-order chi connectivity index (χ1) is 9.16. The van der Waals surface area contributed by atoms with E-state index in [0.717, 1.165) is 11.3 Å². The summed E-state index contributed by atoms with van der Waals surface area (Å²) in [6, 6.07) is 7.49. The summed E-state index contributed by atoms with van der Waals surface area (Å²) in [5, 5.41) is 15.1. The molecule has 1 amide bonds. The lowest BCUT2D eigenvalue weighted by Gasteiger charge is -2.12. The van der Waals surface area contributed by atoms with Crippen molar-refractivity contribution in [2.75, 3.05) is 19.7 Å². The van der Waals surface area contributed by atoms with Gasteiger partial charge in [0, 0.05) is 6.54 Å². The Labute approximate surface area is 113 Å². The van der Waals surface area contributed by atoms with Crippen molar-refractivity contribution in [3.05, 3.63) is 29.8 Å². The van der Waals surface area contributed by atoms with Crippen molar-refractivity contribution in [2.45, 2.75) is 25.5 Å². The van der Waals surface area contributed by atoms with E-state index in [1.807, 2.05) is 31.2 Å². The van der Waals surface area contributed by atoms with E-state index in [1.54, 1.807) is 0 Å². The number of ether oxygens (including phenoxy) is 1. The zero-order chi connectivity index (χ0) is 13.7. The Morgan fingerprint density at radius 1 is 1.53 bits per heavy atom. The van der Waals surface area contributed by atoms with Crippen molar-refractivity contribution in [2.24, 2.45) is 0 Å². The second kappa shape index (κ2) is 6.54. The van der Waals surface area contributed by atoms with E-state index < -0.39 is 6.10 Å². The number of benzene rings is 1. The van der Waals surface area contributed by atoms with E-state index in [0.29, 0.717) is 26.1 Å². The Morgan fingerprint density at radius 2 is 2.32 bits per heavy atom. The van der Waals surface area contributed by atoms with Crippen molar-refractivity contribution in [3.63, 3.8) is 0 Å². The van der Waals surface area contributed by atoms with Crippen LogP contribution >= 0.6 is 0 Å². The van der Waals surface area contributed by atoms with Crippen LogP contribution in [-0.4, -0.2) is 42.9 Å². The Morgan fingerprint density at radius 3 is 3.00 bits per heavy atom. The molecule has 1 aliphatic rings. The maximum absolute atomic E-state index is 11.7. The molecule has 3 N–H and O–H groups in total. The monoisotopic (exact) mass is 264 g/mol. The smallest absolute Gasteiger partial charge is 0.237 e. The van der Waals surface area contributed by atoms with Crippen LogP contribution < -0.4 is 15.4 Å². The van der Waals surface area contributed by atoms with Crippen molar-refractivity contribution >= 4 is 5.91 Å². The molecule has 1 heterocycles. The molecular weight excluding hydrogens is 244 g/mol. The topological polar surface area (TPSA) is 70.6 Å². The van der Waals surface area contributed by atoms with Crippen LogP contribution in [0, 0.1) is 6.92 Å². The van der Waals surface area contributed by atoms with Gasteiger partial charge in [-0.2, -0.15) is 0 Å². The lowest BCUT2D eigenvalue weighted by atomic mass is 10.2. The van der Waals surface area contributed by atoms with E-state index in [9.17, 15) is 9.90 Å². The molecule has 0 bridgehead atoms. The summed E-state index contributed by atoms with van der Waals surface area (Å²) in [5.41, 5.74) is 1.08.